The molecule has 196 valence electrons. The van der Waals surface area contributed by atoms with Gasteiger partial charge in [-0.05, 0) is 19.9 Å². The molecule has 1 atom stereocenters. The predicted octanol–water partition coefficient (Wildman–Crippen LogP) is 2.77. The van der Waals surface area contributed by atoms with E-state index >= 15 is 0 Å². The van der Waals surface area contributed by atoms with Gasteiger partial charge in [-0.3, -0.25) is 14.9 Å². The molecular formula is C27H30N8O3. The molecule has 4 N–H and O–H groups in total. The third-order valence-corrected chi connectivity index (χ3v) is 6.23. The number of rotatable bonds is 5. The molecule has 5 rings (SSSR count). The van der Waals surface area contributed by atoms with Crippen molar-refractivity contribution in [3.8, 4) is 0 Å². The Balaban J connectivity index is 1.44. The van der Waals surface area contributed by atoms with Crippen molar-refractivity contribution in [2.45, 2.75) is 26.1 Å². The van der Waals surface area contributed by atoms with Crippen molar-refractivity contribution >= 4 is 35.0 Å². The molecule has 3 heterocycles. The summed E-state index contributed by atoms with van der Waals surface area (Å²) in [6.07, 6.45) is 0.550. The molecule has 0 bridgehead atoms. The smallest absolute Gasteiger partial charge is 0.291 e. The summed E-state index contributed by atoms with van der Waals surface area (Å²) in [7, 11) is 0. The van der Waals surface area contributed by atoms with Gasteiger partial charge in [0.1, 0.15) is 0 Å². The zero-order valence-electron chi connectivity index (χ0n) is 21.3. The Hall–Kier alpha value is -4.51. The maximum Gasteiger partial charge on any atom is 0.291 e. The van der Waals surface area contributed by atoms with Gasteiger partial charge in [0.15, 0.2) is 5.82 Å². The third kappa shape index (κ3) is 5.28. The number of anilines is 2. The van der Waals surface area contributed by atoms with Crippen LogP contribution in [0.15, 0.2) is 70.8 Å². The van der Waals surface area contributed by atoms with E-state index < -0.39 is 12.1 Å². The molecule has 1 amide bonds. The number of ether oxygens (including phenoxy) is 2. The third-order valence-electron chi connectivity index (χ3n) is 6.23. The van der Waals surface area contributed by atoms with Crippen LogP contribution in [-0.4, -0.2) is 65.8 Å². The van der Waals surface area contributed by atoms with Crippen LogP contribution < -0.4 is 16.0 Å². The molecule has 11 nitrogen and oxygen atoms in total. The van der Waals surface area contributed by atoms with Crippen LogP contribution in [0.3, 0.4) is 0 Å². The second-order valence-electron chi connectivity index (χ2n) is 9.19. The van der Waals surface area contributed by atoms with E-state index in [-0.39, 0.29) is 18.0 Å². The molecule has 0 saturated carbocycles. The molecule has 1 aromatic heterocycles. The second kappa shape index (κ2) is 10.9. The molecule has 0 spiro atoms. The molecule has 2 aliphatic rings. The average molecular weight is 515 g/mol. The predicted molar refractivity (Wildman–Crippen MR) is 146 cm³/mol. The summed E-state index contributed by atoms with van der Waals surface area (Å²) in [6.45, 7) is 6.47. The Morgan fingerprint density at radius 3 is 2.61 bits per heavy atom. The van der Waals surface area contributed by atoms with Gasteiger partial charge < -0.3 is 25.4 Å². The van der Waals surface area contributed by atoms with E-state index in [9.17, 15) is 4.79 Å². The number of carbonyl (C=O) groups excluding carboxylic acids is 1. The summed E-state index contributed by atoms with van der Waals surface area (Å²) in [5, 5.41) is 16.2. The van der Waals surface area contributed by atoms with Crippen LogP contribution in [0, 0.1) is 5.41 Å². The van der Waals surface area contributed by atoms with Gasteiger partial charge in [-0.15, -0.1) is 0 Å². The Kier molecular flexibility index (Phi) is 7.18. The summed E-state index contributed by atoms with van der Waals surface area (Å²) < 4.78 is 12.9. The Morgan fingerprint density at radius 2 is 1.87 bits per heavy atom. The van der Waals surface area contributed by atoms with Crippen molar-refractivity contribution in [3.63, 3.8) is 0 Å². The number of hydrogen-bond acceptors (Lipinski definition) is 8. The number of benzene rings is 2. The van der Waals surface area contributed by atoms with Crippen LogP contribution in [0.5, 0.6) is 0 Å². The maximum atomic E-state index is 13.1. The number of nitrogens with one attached hydrogen (secondary N) is 2. The van der Waals surface area contributed by atoms with Gasteiger partial charge in [-0.25, -0.2) is 4.99 Å². The van der Waals surface area contributed by atoms with Crippen LogP contribution in [-0.2, 0) is 14.3 Å². The van der Waals surface area contributed by atoms with E-state index in [0.29, 0.717) is 49.1 Å². The second-order valence-corrected chi connectivity index (χ2v) is 9.19. The molecule has 2 aromatic carbocycles. The van der Waals surface area contributed by atoms with Crippen molar-refractivity contribution in [1.82, 2.24) is 9.78 Å². The summed E-state index contributed by atoms with van der Waals surface area (Å²) in [5.41, 5.74) is 9.43. The van der Waals surface area contributed by atoms with E-state index in [2.05, 4.69) is 25.3 Å². The number of nitrogens with two attached hydrogens (primary N) is 1. The highest BCUT2D eigenvalue weighted by Gasteiger charge is 2.27. The summed E-state index contributed by atoms with van der Waals surface area (Å²) in [6, 6.07) is 16.7. The fourth-order valence-electron chi connectivity index (χ4n) is 4.28. The lowest BCUT2D eigenvalue weighted by Gasteiger charge is -2.27. The summed E-state index contributed by atoms with van der Waals surface area (Å²) in [5.74, 6) is -0.0563. The van der Waals surface area contributed by atoms with Crippen LogP contribution in [0.25, 0.3) is 0 Å². The molecule has 1 fully saturated rings. The van der Waals surface area contributed by atoms with Crippen LogP contribution in [0.1, 0.15) is 36.6 Å². The van der Waals surface area contributed by atoms with Crippen LogP contribution in [0.4, 0.5) is 11.5 Å². The lowest BCUT2D eigenvalue weighted by Crippen LogP contribution is -2.37. The highest BCUT2D eigenvalue weighted by Crippen LogP contribution is 2.25. The fourth-order valence-corrected chi connectivity index (χ4v) is 4.28. The quantitative estimate of drug-likeness (QED) is 0.353. The summed E-state index contributed by atoms with van der Waals surface area (Å²) in [4.78, 5) is 24.0. The Morgan fingerprint density at radius 1 is 1.16 bits per heavy atom. The molecule has 11 heteroatoms. The van der Waals surface area contributed by atoms with Crippen molar-refractivity contribution in [2.75, 3.05) is 36.5 Å². The largest absolute Gasteiger partial charge is 0.407 e. The number of amidine groups is 1. The lowest BCUT2D eigenvalue weighted by molar-refractivity contribution is -0.117. The molecule has 1 saturated heterocycles. The molecular weight excluding hydrogens is 484 g/mol. The number of amides is 1. The molecule has 38 heavy (non-hydrogen) atoms. The van der Waals surface area contributed by atoms with Crippen molar-refractivity contribution < 1.29 is 14.3 Å². The van der Waals surface area contributed by atoms with Crippen molar-refractivity contribution in [3.05, 3.63) is 77.5 Å². The number of benzodiazepines with no additional fused rings is 1. The zero-order valence-corrected chi connectivity index (χ0v) is 21.3. The van der Waals surface area contributed by atoms with Crippen molar-refractivity contribution in [2.24, 2.45) is 15.7 Å². The van der Waals surface area contributed by atoms with Gasteiger partial charge in [0, 0.05) is 36.5 Å². The number of para-hydroxylation sites is 1. The van der Waals surface area contributed by atoms with Crippen LogP contribution in [0.2, 0.25) is 0 Å². The molecule has 0 radical (unpaired) electrons. The number of carbonyl (C=O) groups is 1. The Labute approximate surface area is 220 Å². The number of nitrogens with zero attached hydrogens (tertiary/aromatic N) is 5. The van der Waals surface area contributed by atoms with Gasteiger partial charge in [-0.2, -0.15) is 10.1 Å². The molecule has 2 aliphatic heterocycles. The monoisotopic (exact) mass is 514 g/mol. The van der Waals surface area contributed by atoms with Gasteiger partial charge in [0.05, 0.1) is 30.2 Å². The average Bonchev–Trinajstić information content (AvgIpc) is 3.33. The summed E-state index contributed by atoms with van der Waals surface area (Å²) >= 11 is 0. The number of aliphatic imine (C=N–C) groups is 2. The minimum atomic E-state index is -1.21. The van der Waals surface area contributed by atoms with E-state index in [4.69, 9.17) is 20.6 Å². The number of aromatic nitrogens is 2. The van der Waals surface area contributed by atoms with E-state index in [1.165, 1.54) is 0 Å². The minimum absolute atomic E-state index is 0.0874. The first-order valence-electron chi connectivity index (χ1n) is 12.5. The minimum Gasteiger partial charge on any atom is -0.407 e. The van der Waals surface area contributed by atoms with Gasteiger partial charge in [-0.1, -0.05) is 48.5 Å². The maximum absolute atomic E-state index is 13.1. The number of hydrogen-bond donors (Lipinski definition) is 3. The van der Waals surface area contributed by atoms with Crippen LogP contribution >= 0.6 is 0 Å². The molecule has 1 unspecified atom stereocenters. The standard InChI is InChI=1S/C27H30N8O3/c1-17(2)35-16-20(25(33-35)34-12-14-37-15-13-34)23(28)38-27(29)32-24-26(36)30-21-11-7-6-10-19(21)22(31-24)18-8-4-3-5-9-18/h3-11,16-17,24,28H,12-15H2,1-2H3,(H2,29,32)(H,30,36). The SMILES string of the molecule is CC(C)n1cc(C(=N)OC(N)=NC2N=C(c3ccccc3)c3ccccc3NC2=O)c(N2CCOCC2)n1. The Bertz CT molecular complexity index is 1390. The first-order chi connectivity index (χ1) is 18.4. The highest BCUT2D eigenvalue weighted by molar-refractivity contribution is 6.19. The highest BCUT2D eigenvalue weighted by atomic mass is 16.5. The van der Waals surface area contributed by atoms with Gasteiger partial charge in [0.25, 0.3) is 11.9 Å². The van der Waals surface area contributed by atoms with E-state index in [0.717, 1.165) is 11.1 Å². The first kappa shape index (κ1) is 25.2. The van der Waals surface area contributed by atoms with Crippen molar-refractivity contribution in [1.29, 1.82) is 5.41 Å². The zero-order chi connectivity index (χ0) is 26.6. The van der Waals surface area contributed by atoms with Gasteiger partial charge in [0.2, 0.25) is 12.1 Å². The van der Waals surface area contributed by atoms with E-state index in [1.807, 2.05) is 68.4 Å². The lowest BCUT2D eigenvalue weighted by atomic mass is 10.0. The molecule has 3 aromatic rings. The van der Waals surface area contributed by atoms with Gasteiger partial charge >= 0.3 is 0 Å². The van der Waals surface area contributed by atoms with E-state index in [1.54, 1.807) is 10.9 Å². The number of morpholine rings is 1. The normalized spacial score (nSPS) is 17.9. The first-order valence-corrected chi connectivity index (χ1v) is 12.5. The topological polar surface area (TPSA) is 143 Å². The molecule has 0 aliphatic carbocycles. The fraction of sp³-hybridized carbons (Fsp3) is 0.296. The number of fused-ring (bicyclic) bond motifs is 1.